The molecule has 8 atom stereocenters. The van der Waals surface area contributed by atoms with Crippen LogP contribution in [0.4, 0.5) is 0 Å². The molecule has 5 aliphatic rings. The third-order valence-corrected chi connectivity index (χ3v) is 9.56. The van der Waals surface area contributed by atoms with Crippen LogP contribution in [0.3, 0.4) is 0 Å². The van der Waals surface area contributed by atoms with E-state index in [2.05, 4.69) is 46.8 Å². The molecule has 1 spiro atoms. The highest BCUT2D eigenvalue weighted by Gasteiger charge is 2.82. The summed E-state index contributed by atoms with van der Waals surface area (Å²) in [4.78, 5) is 25.7. The molecule has 0 N–H and O–H groups in total. The number of cyclic esters (lactones) is 1. The normalized spacial score (nSPS) is 49.2. The predicted octanol–water partition coefficient (Wildman–Crippen LogP) is 4.80. The largest absolute Gasteiger partial charge is 0.472 e. The summed E-state index contributed by atoms with van der Waals surface area (Å²) in [7, 11) is 0. The number of epoxide rings is 1. The van der Waals surface area contributed by atoms with Gasteiger partial charge in [0.25, 0.3) is 0 Å². The molecular weight excluding hydrogens is 392 g/mol. The predicted molar refractivity (Wildman–Crippen MR) is 113 cm³/mol. The Morgan fingerprint density at radius 2 is 1.87 bits per heavy atom. The van der Waals surface area contributed by atoms with Crippen molar-refractivity contribution in [3.63, 3.8) is 0 Å². The highest BCUT2D eigenvalue weighted by Crippen LogP contribution is 2.74. The number of rotatable bonds is 1. The molecule has 0 unspecified atom stereocenters. The Balaban J connectivity index is 1.52. The van der Waals surface area contributed by atoms with Crippen molar-refractivity contribution in [1.29, 1.82) is 0 Å². The molecule has 3 heterocycles. The smallest absolute Gasteiger partial charge is 0.339 e. The van der Waals surface area contributed by atoms with Crippen LogP contribution in [-0.4, -0.2) is 23.5 Å². The quantitative estimate of drug-likeness (QED) is 0.370. The number of fused-ring (bicyclic) bond motifs is 3. The number of esters is 1. The van der Waals surface area contributed by atoms with Crippen molar-refractivity contribution in [2.24, 2.45) is 34.0 Å². The zero-order valence-corrected chi connectivity index (χ0v) is 18.8. The molecule has 1 saturated carbocycles. The van der Waals surface area contributed by atoms with Crippen molar-refractivity contribution in [2.75, 3.05) is 0 Å². The Bertz CT molecular complexity index is 1050. The molecule has 0 amide bonds. The van der Waals surface area contributed by atoms with Crippen molar-refractivity contribution >= 4 is 11.8 Å². The first-order chi connectivity index (χ1) is 14.6. The molecule has 1 aromatic rings. The Morgan fingerprint density at radius 3 is 2.58 bits per heavy atom. The third-order valence-electron chi connectivity index (χ3n) is 9.56. The highest BCUT2D eigenvalue weighted by atomic mass is 16.7. The number of carbonyl (C=O) groups excluding carboxylic acids is 2. The topological polar surface area (TPSA) is 69.0 Å². The van der Waals surface area contributed by atoms with Crippen LogP contribution in [0.25, 0.3) is 0 Å². The first kappa shape index (κ1) is 19.5. The minimum atomic E-state index is -0.568. The van der Waals surface area contributed by atoms with Crippen LogP contribution in [0.2, 0.25) is 0 Å². The number of hydrogen-bond donors (Lipinski definition) is 0. The molecule has 6 rings (SSSR count). The molecule has 0 aromatic carbocycles. The molecule has 2 saturated heterocycles. The van der Waals surface area contributed by atoms with E-state index in [9.17, 15) is 9.59 Å². The minimum Gasteiger partial charge on any atom is -0.472 e. The van der Waals surface area contributed by atoms with Crippen LogP contribution in [-0.2, 0) is 19.1 Å². The van der Waals surface area contributed by atoms with Crippen molar-refractivity contribution in [3.8, 4) is 0 Å². The minimum absolute atomic E-state index is 0.119. The van der Waals surface area contributed by atoms with E-state index in [0.29, 0.717) is 5.92 Å². The van der Waals surface area contributed by atoms with E-state index < -0.39 is 23.2 Å². The fourth-order valence-corrected chi connectivity index (χ4v) is 7.86. The SMILES string of the molecule is C[C@H]1C[C@H]2C(C)(C)C(=O)C=C[C@]2(C)C2=CC[C@@]3(C)[C@H](c4ccoc4)OC(=O)[C@H]4O[C@]43[C@@H]21. The summed E-state index contributed by atoms with van der Waals surface area (Å²) in [6.07, 6.45) is 10.4. The lowest BCUT2D eigenvalue weighted by molar-refractivity contribution is -0.171. The van der Waals surface area contributed by atoms with E-state index in [1.165, 1.54) is 5.57 Å². The second kappa shape index (κ2) is 5.61. The molecule has 5 nitrogen and oxygen atoms in total. The summed E-state index contributed by atoms with van der Waals surface area (Å²) in [6, 6.07) is 1.89. The molecule has 31 heavy (non-hydrogen) atoms. The maximum atomic E-state index is 13.0. The average molecular weight is 423 g/mol. The van der Waals surface area contributed by atoms with Gasteiger partial charge >= 0.3 is 5.97 Å². The number of allylic oxidation sites excluding steroid dienone is 3. The lowest BCUT2D eigenvalue weighted by atomic mass is 9.42. The van der Waals surface area contributed by atoms with E-state index in [1.54, 1.807) is 18.6 Å². The summed E-state index contributed by atoms with van der Waals surface area (Å²) in [5, 5.41) is 0. The van der Waals surface area contributed by atoms with Gasteiger partial charge in [-0.2, -0.15) is 0 Å². The molecule has 0 bridgehead atoms. The van der Waals surface area contributed by atoms with E-state index in [4.69, 9.17) is 13.9 Å². The fourth-order valence-electron chi connectivity index (χ4n) is 7.86. The van der Waals surface area contributed by atoms with Crippen LogP contribution >= 0.6 is 0 Å². The number of hydrogen-bond acceptors (Lipinski definition) is 5. The first-order valence-electron chi connectivity index (χ1n) is 11.4. The molecule has 2 aliphatic heterocycles. The Morgan fingerprint density at radius 1 is 1.10 bits per heavy atom. The summed E-state index contributed by atoms with van der Waals surface area (Å²) >= 11 is 0. The molecule has 164 valence electrons. The van der Waals surface area contributed by atoms with Gasteiger partial charge in [-0.1, -0.05) is 52.3 Å². The number of ether oxygens (including phenoxy) is 2. The molecule has 1 aromatic heterocycles. The summed E-state index contributed by atoms with van der Waals surface area (Å²) in [6.45, 7) is 10.9. The van der Waals surface area contributed by atoms with Gasteiger partial charge < -0.3 is 13.9 Å². The van der Waals surface area contributed by atoms with Crippen molar-refractivity contribution in [1.82, 2.24) is 0 Å². The van der Waals surface area contributed by atoms with Gasteiger partial charge in [0.2, 0.25) is 0 Å². The maximum Gasteiger partial charge on any atom is 0.339 e. The monoisotopic (exact) mass is 422 g/mol. The zero-order chi connectivity index (χ0) is 22.0. The van der Waals surface area contributed by atoms with Crippen LogP contribution in [0.5, 0.6) is 0 Å². The fraction of sp³-hybridized carbons (Fsp3) is 0.615. The standard InChI is InChI=1S/C26H30O5/c1-14-12-17-23(2,3)18(27)7-9-24(17,4)16-6-10-25(5)20(15-8-11-29-13-15)30-22(28)21-26(25,31-21)19(14)16/h6-9,11,13-14,17,19-21H,10,12H2,1-5H3/t14-,17-,19+,20-,21+,24+,25-,26+/m0/s1. The van der Waals surface area contributed by atoms with Crippen LogP contribution < -0.4 is 0 Å². The Labute approximate surface area is 182 Å². The second-order valence-corrected chi connectivity index (χ2v) is 11.4. The van der Waals surface area contributed by atoms with Gasteiger partial charge in [-0.25, -0.2) is 4.79 Å². The second-order valence-electron chi connectivity index (χ2n) is 11.4. The molecule has 3 aliphatic carbocycles. The van der Waals surface area contributed by atoms with E-state index >= 15 is 0 Å². The maximum absolute atomic E-state index is 13.0. The van der Waals surface area contributed by atoms with Crippen molar-refractivity contribution < 1.29 is 23.5 Å². The number of ketones is 1. The zero-order valence-electron chi connectivity index (χ0n) is 18.8. The van der Waals surface area contributed by atoms with Crippen LogP contribution in [0.1, 0.15) is 59.1 Å². The summed E-state index contributed by atoms with van der Waals surface area (Å²) < 4.78 is 17.7. The van der Waals surface area contributed by atoms with Gasteiger partial charge in [0, 0.05) is 27.7 Å². The molecule has 3 fully saturated rings. The third kappa shape index (κ3) is 2.07. The van der Waals surface area contributed by atoms with Gasteiger partial charge in [0.1, 0.15) is 11.7 Å². The van der Waals surface area contributed by atoms with E-state index in [0.717, 1.165) is 18.4 Å². The Kier molecular flexibility index (Phi) is 3.54. The van der Waals surface area contributed by atoms with Gasteiger partial charge in [-0.3, -0.25) is 4.79 Å². The molecule has 0 radical (unpaired) electrons. The Hall–Kier alpha value is -2.14. The van der Waals surface area contributed by atoms with E-state index in [-0.39, 0.29) is 34.4 Å². The summed E-state index contributed by atoms with van der Waals surface area (Å²) in [5.74, 6) is 0.589. The number of carbonyl (C=O) groups is 2. The first-order valence-corrected chi connectivity index (χ1v) is 11.4. The molecular formula is C26H30O5. The van der Waals surface area contributed by atoms with Gasteiger partial charge in [0.05, 0.1) is 12.5 Å². The van der Waals surface area contributed by atoms with Crippen LogP contribution in [0, 0.1) is 34.0 Å². The van der Waals surface area contributed by atoms with Gasteiger partial charge in [-0.05, 0) is 36.8 Å². The van der Waals surface area contributed by atoms with Crippen LogP contribution in [0.15, 0.2) is 46.8 Å². The highest BCUT2D eigenvalue weighted by molar-refractivity contribution is 5.96. The lowest BCUT2D eigenvalue weighted by Crippen LogP contribution is -2.62. The van der Waals surface area contributed by atoms with Gasteiger partial charge in [0.15, 0.2) is 11.9 Å². The lowest BCUT2D eigenvalue weighted by Gasteiger charge is -2.60. The van der Waals surface area contributed by atoms with Gasteiger partial charge in [-0.15, -0.1) is 0 Å². The molecule has 5 heteroatoms. The van der Waals surface area contributed by atoms with E-state index in [1.807, 2.05) is 6.07 Å². The van der Waals surface area contributed by atoms with Crippen molar-refractivity contribution in [2.45, 2.75) is 65.3 Å². The van der Waals surface area contributed by atoms with Crippen molar-refractivity contribution in [3.05, 3.63) is 48.0 Å². The summed E-state index contributed by atoms with van der Waals surface area (Å²) in [5.41, 5.74) is 0.669. The average Bonchev–Trinajstić information content (AvgIpc) is 3.24. The number of furan rings is 1.